The summed E-state index contributed by atoms with van der Waals surface area (Å²) >= 11 is 5.73. The minimum Gasteiger partial charge on any atom is -0.484 e. The van der Waals surface area contributed by atoms with Gasteiger partial charge >= 0.3 is 5.97 Å². The van der Waals surface area contributed by atoms with Crippen molar-refractivity contribution < 1.29 is 19.4 Å². The maximum absolute atomic E-state index is 11.7. The van der Waals surface area contributed by atoms with Crippen molar-refractivity contribution in [2.75, 3.05) is 6.61 Å². The highest BCUT2D eigenvalue weighted by molar-refractivity contribution is 6.30. The zero-order valence-corrected chi connectivity index (χ0v) is 12.4. The lowest BCUT2D eigenvalue weighted by molar-refractivity contribution is -0.145. The Morgan fingerprint density at radius 2 is 1.85 bits per heavy atom. The van der Waals surface area contributed by atoms with Gasteiger partial charge in [0.15, 0.2) is 6.61 Å². The van der Waals surface area contributed by atoms with E-state index in [2.05, 4.69) is 5.32 Å². The fraction of sp³-hybridized carbons (Fsp3) is 0.429. The van der Waals surface area contributed by atoms with Gasteiger partial charge in [-0.25, -0.2) is 4.79 Å². The van der Waals surface area contributed by atoms with Crippen LogP contribution in [0.1, 0.15) is 20.8 Å². The molecule has 0 aliphatic rings. The molecule has 1 rings (SSSR count). The summed E-state index contributed by atoms with van der Waals surface area (Å²) in [5.41, 5.74) is -0.582. The van der Waals surface area contributed by atoms with Gasteiger partial charge in [-0.15, -0.1) is 0 Å². The lowest BCUT2D eigenvalue weighted by Crippen LogP contribution is -2.50. The third-order valence-electron chi connectivity index (χ3n) is 2.60. The number of carboxylic acids is 1. The van der Waals surface area contributed by atoms with Gasteiger partial charge in [0, 0.05) is 5.02 Å². The van der Waals surface area contributed by atoms with Gasteiger partial charge in [-0.2, -0.15) is 0 Å². The fourth-order valence-corrected chi connectivity index (χ4v) is 1.66. The van der Waals surface area contributed by atoms with Crippen molar-refractivity contribution in [1.82, 2.24) is 5.32 Å². The summed E-state index contributed by atoms with van der Waals surface area (Å²) in [5, 5.41) is 12.1. The lowest BCUT2D eigenvalue weighted by atomic mass is 9.87. The number of carbonyl (C=O) groups is 2. The number of carboxylic acid groups (broad SMARTS) is 1. The maximum atomic E-state index is 11.7. The molecule has 0 aromatic heterocycles. The molecule has 0 saturated heterocycles. The molecule has 0 bridgehead atoms. The van der Waals surface area contributed by atoms with Gasteiger partial charge in [-0.3, -0.25) is 4.79 Å². The minimum absolute atomic E-state index is 0.249. The first kappa shape index (κ1) is 16.3. The second-order valence-electron chi connectivity index (χ2n) is 5.45. The maximum Gasteiger partial charge on any atom is 0.326 e. The molecular formula is C14H18ClNO4. The summed E-state index contributed by atoms with van der Waals surface area (Å²) in [6.07, 6.45) is 0. The van der Waals surface area contributed by atoms with E-state index < -0.39 is 23.3 Å². The van der Waals surface area contributed by atoms with E-state index in [0.717, 1.165) is 0 Å². The van der Waals surface area contributed by atoms with Gasteiger partial charge in [0.1, 0.15) is 11.8 Å². The van der Waals surface area contributed by atoms with Crippen LogP contribution < -0.4 is 10.1 Å². The number of rotatable bonds is 5. The molecule has 1 aromatic rings. The van der Waals surface area contributed by atoms with Crippen molar-refractivity contribution in [3.63, 3.8) is 0 Å². The Hall–Kier alpha value is -1.75. The number of hydrogen-bond donors (Lipinski definition) is 2. The van der Waals surface area contributed by atoms with Crippen LogP contribution in [0.15, 0.2) is 24.3 Å². The van der Waals surface area contributed by atoms with Crippen LogP contribution in [0.5, 0.6) is 5.75 Å². The molecule has 0 fully saturated rings. The predicted molar refractivity (Wildman–Crippen MR) is 76.0 cm³/mol. The van der Waals surface area contributed by atoms with Crippen molar-refractivity contribution in [1.29, 1.82) is 0 Å². The van der Waals surface area contributed by atoms with Crippen LogP contribution in [0, 0.1) is 5.41 Å². The Morgan fingerprint density at radius 1 is 1.30 bits per heavy atom. The van der Waals surface area contributed by atoms with E-state index in [1.54, 1.807) is 45.0 Å². The summed E-state index contributed by atoms with van der Waals surface area (Å²) in [5.74, 6) is -1.06. The summed E-state index contributed by atoms with van der Waals surface area (Å²) in [6, 6.07) is 5.58. The Balaban J connectivity index is 2.54. The van der Waals surface area contributed by atoms with E-state index >= 15 is 0 Å². The molecule has 1 amide bonds. The quantitative estimate of drug-likeness (QED) is 0.875. The highest BCUT2D eigenvalue weighted by Gasteiger charge is 2.32. The van der Waals surface area contributed by atoms with Gasteiger partial charge in [-0.05, 0) is 29.7 Å². The second-order valence-corrected chi connectivity index (χ2v) is 5.88. The van der Waals surface area contributed by atoms with Crippen molar-refractivity contribution in [2.24, 2.45) is 5.41 Å². The van der Waals surface area contributed by atoms with Crippen LogP contribution in [0.25, 0.3) is 0 Å². The van der Waals surface area contributed by atoms with Crippen molar-refractivity contribution in [2.45, 2.75) is 26.8 Å². The molecule has 0 unspecified atom stereocenters. The smallest absolute Gasteiger partial charge is 0.326 e. The molecule has 6 heteroatoms. The predicted octanol–water partition coefficient (Wildman–Crippen LogP) is 2.33. The SMILES string of the molecule is CC(C)(C)[C@H](NC(=O)COc1ccc(Cl)cc1)C(=O)O. The molecule has 20 heavy (non-hydrogen) atoms. The monoisotopic (exact) mass is 299 g/mol. The average molecular weight is 300 g/mol. The van der Waals surface area contributed by atoms with Gasteiger partial charge < -0.3 is 15.2 Å². The Morgan fingerprint density at radius 3 is 2.30 bits per heavy atom. The first-order chi connectivity index (χ1) is 9.20. The summed E-state index contributed by atoms with van der Waals surface area (Å²) < 4.78 is 5.25. The van der Waals surface area contributed by atoms with Gasteiger partial charge in [0.25, 0.3) is 5.91 Å². The number of nitrogens with one attached hydrogen (secondary N) is 1. The third kappa shape index (κ3) is 5.09. The molecule has 0 heterocycles. The first-order valence-corrected chi connectivity index (χ1v) is 6.48. The van der Waals surface area contributed by atoms with Crippen LogP contribution in [0.2, 0.25) is 5.02 Å². The highest BCUT2D eigenvalue weighted by Crippen LogP contribution is 2.19. The van der Waals surface area contributed by atoms with Crippen molar-refractivity contribution in [3.8, 4) is 5.75 Å². The number of ether oxygens (including phenoxy) is 1. The topological polar surface area (TPSA) is 75.6 Å². The standard InChI is InChI=1S/C14H18ClNO4/c1-14(2,3)12(13(18)19)16-11(17)8-20-10-6-4-9(15)5-7-10/h4-7,12H,8H2,1-3H3,(H,16,17)(H,18,19)/t12-/m1/s1. The summed E-state index contributed by atoms with van der Waals surface area (Å²) in [4.78, 5) is 22.8. The first-order valence-electron chi connectivity index (χ1n) is 6.10. The molecule has 1 aromatic carbocycles. The summed E-state index contributed by atoms with van der Waals surface area (Å²) in [7, 11) is 0. The van der Waals surface area contributed by atoms with Gasteiger partial charge in [0.05, 0.1) is 0 Å². The Bertz CT molecular complexity index is 479. The van der Waals surface area contributed by atoms with E-state index in [0.29, 0.717) is 10.8 Å². The number of benzene rings is 1. The zero-order valence-electron chi connectivity index (χ0n) is 11.6. The third-order valence-corrected chi connectivity index (χ3v) is 2.85. The van der Waals surface area contributed by atoms with E-state index in [1.807, 2.05) is 0 Å². The molecule has 2 N–H and O–H groups in total. The minimum atomic E-state index is -1.07. The Labute approximate surface area is 122 Å². The largest absolute Gasteiger partial charge is 0.484 e. The molecule has 110 valence electrons. The van der Waals surface area contributed by atoms with Crippen LogP contribution in [-0.4, -0.2) is 29.6 Å². The molecule has 1 atom stereocenters. The number of amides is 1. The van der Waals surface area contributed by atoms with Crippen LogP contribution in [0.4, 0.5) is 0 Å². The molecule has 5 nitrogen and oxygen atoms in total. The second kappa shape index (κ2) is 6.61. The number of aliphatic carboxylic acids is 1. The average Bonchev–Trinajstić information content (AvgIpc) is 2.33. The zero-order chi connectivity index (χ0) is 15.3. The normalized spacial score (nSPS) is 12.6. The van der Waals surface area contributed by atoms with Crippen LogP contribution >= 0.6 is 11.6 Å². The van der Waals surface area contributed by atoms with E-state index in [9.17, 15) is 9.59 Å². The molecule has 0 spiro atoms. The Kier molecular flexibility index (Phi) is 5.39. The van der Waals surface area contributed by atoms with Crippen LogP contribution in [0.3, 0.4) is 0 Å². The molecule has 0 saturated carbocycles. The lowest BCUT2D eigenvalue weighted by Gasteiger charge is -2.27. The molecular weight excluding hydrogens is 282 g/mol. The molecule has 0 aliphatic heterocycles. The van der Waals surface area contributed by atoms with Crippen LogP contribution in [-0.2, 0) is 9.59 Å². The van der Waals surface area contributed by atoms with Crippen molar-refractivity contribution >= 4 is 23.5 Å². The van der Waals surface area contributed by atoms with Gasteiger partial charge in [-0.1, -0.05) is 32.4 Å². The van der Waals surface area contributed by atoms with E-state index in [-0.39, 0.29) is 6.61 Å². The van der Waals surface area contributed by atoms with Crippen molar-refractivity contribution in [3.05, 3.63) is 29.3 Å². The van der Waals surface area contributed by atoms with Gasteiger partial charge in [0.2, 0.25) is 0 Å². The number of hydrogen-bond acceptors (Lipinski definition) is 3. The van der Waals surface area contributed by atoms with E-state index in [4.69, 9.17) is 21.4 Å². The molecule has 0 aliphatic carbocycles. The van der Waals surface area contributed by atoms with E-state index in [1.165, 1.54) is 0 Å². The number of halogens is 1. The summed E-state index contributed by atoms with van der Waals surface area (Å²) in [6.45, 7) is 4.98. The molecule has 0 radical (unpaired) electrons. The fourth-order valence-electron chi connectivity index (χ4n) is 1.53. The number of carbonyl (C=O) groups excluding carboxylic acids is 1. The highest BCUT2D eigenvalue weighted by atomic mass is 35.5.